The molecule has 136 valence electrons. The highest BCUT2D eigenvalue weighted by Gasteiger charge is 2.17. The van der Waals surface area contributed by atoms with E-state index in [0.717, 1.165) is 43.9 Å². The van der Waals surface area contributed by atoms with Gasteiger partial charge < -0.3 is 15.5 Å². The summed E-state index contributed by atoms with van der Waals surface area (Å²) in [6, 6.07) is 5.76. The van der Waals surface area contributed by atoms with Gasteiger partial charge in [-0.15, -0.1) is 34.2 Å². The van der Waals surface area contributed by atoms with E-state index < -0.39 is 0 Å². The van der Waals surface area contributed by atoms with Crippen molar-refractivity contribution in [3.63, 3.8) is 0 Å². The minimum atomic E-state index is 0. The fourth-order valence-corrected chi connectivity index (χ4v) is 2.73. The normalized spacial score (nSPS) is 14.4. The highest BCUT2D eigenvalue weighted by Crippen LogP contribution is 2.07. The van der Waals surface area contributed by atoms with Crippen LogP contribution in [0.25, 0.3) is 5.65 Å². The Morgan fingerprint density at radius 3 is 2.80 bits per heavy atom. The second kappa shape index (κ2) is 9.54. The molecule has 0 atom stereocenters. The molecule has 1 fully saturated rings. The van der Waals surface area contributed by atoms with E-state index in [1.54, 1.807) is 0 Å². The number of aromatic nitrogens is 3. The number of hydrogen-bond donors (Lipinski definition) is 2. The number of carbonyl (C=O) groups excluding carboxylic acids is 1. The number of halogens is 1. The van der Waals surface area contributed by atoms with Crippen LogP contribution in [-0.2, 0) is 11.3 Å². The van der Waals surface area contributed by atoms with Gasteiger partial charge in [-0.3, -0.25) is 9.20 Å². The van der Waals surface area contributed by atoms with Crippen molar-refractivity contribution in [2.45, 2.75) is 26.3 Å². The summed E-state index contributed by atoms with van der Waals surface area (Å²) >= 11 is 0. The molecule has 1 aliphatic heterocycles. The van der Waals surface area contributed by atoms with Gasteiger partial charge in [-0.25, -0.2) is 4.99 Å². The van der Waals surface area contributed by atoms with Crippen molar-refractivity contribution >= 4 is 41.5 Å². The fraction of sp³-hybridized carbons (Fsp3) is 0.500. The summed E-state index contributed by atoms with van der Waals surface area (Å²) in [7, 11) is 0. The minimum absolute atomic E-state index is 0. The molecule has 8 nitrogen and oxygen atoms in total. The first kappa shape index (κ1) is 19.4. The van der Waals surface area contributed by atoms with Crippen LogP contribution in [0, 0.1) is 0 Å². The average molecular weight is 457 g/mol. The summed E-state index contributed by atoms with van der Waals surface area (Å²) < 4.78 is 1.91. The average Bonchev–Trinajstić information content (AvgIpc) is 3.27. The van der Waals surface area contributed by atoms with Gasteiger partial charge >= 0.3 is 0 Å². The molecule has 0 saturated carbocycles. The Labute approximate surface area is 164 Å². The van der Waals surface area contributed by atoms with Gasteiger partial charge in [0.05, 0.1) is 6.54 Å². The van der Waals surface area contributed by atoms with Crippen LogP contribution < -0.4 is 10.6 Å². The zero-order valence-electron chi connectivity index (χ0n) is 14.3. The Kier molecular flexibility index (Phi) is 7.41. The van der Waals surface area contributed by atoms with Crippen molar-refractivity contribution in [1.29, 1.82) is 0 Å². The minimum Gasteiger partial charge on any atom is -0.357 e. The number of guanidine groups is 1. The third kappa shape index (κ3) is 5.03. The lowest BCUT2D eigenvalue weighted by atomic mass is 10.4. The van der Waals surface area contributed by atoms with Crippen LogP contribution >= 0.6 is 24.0 Å². The van der Waals surface area contributed by atoms with Gasteiger partial charge in [-0.2, -0.15) is 0 Å². The summed E-state index contributed by atoms with van der Waals surface area (Å²) in [5, 5.41) is 14.5. The van der Waals surface area contributed by atoms with Crippen molar-refractivity contribution in [3.05, 3.63) is 30.2 Å². The number of likely N-dealkylation sites (tertiary alicyclic amines) is 1. The number of nitrogens with one attached hydrogen (secondary N) is 2. The van der Waals surface area contributed by atoms with Gasteiger partial charge in [0, 0.05) is 25.8 Å². The molecule has 0 unspecified atom stereocenters. The van der Waals surface area contributed by atoms with Crippen molar-refractivity contribution in [2.75, 3.05) is 26.2 Å². The second-order valence-corrected chi connectivity index (χ2v) is 5.68. The van der Waals surface area contributed by atoms with Gasteiger partial charge in [0.15, 0.2) is 17.4 Å². The second-order valence-electron chi connectivity index (χ2n) is 5.68. The standard InChI is InChI=1S/C16H23N7O.HI/c1-2-17-16(19-12-15(24)22-8-5-6-9-22)18-11-14-21-20-13-7-3-4-10-23(13)14;/h3-4,7,10H,2,5-6,8-9,11-12H2,1H3,(H2,17,18,19);1H. The molecule has 9 heteroatoms. The largest absolute Gasteiger partial charge is 0.357 e. The Morgan fingerprint density at radius 1 is 1.24 bits per heavy atom. The predicted octanol–water partition coefficient (Wildman–Crippen LogP) is 1.02. The smallest absolute Gasteiger partial charge is 0.241 e. The summed E-state index contributed by atoms with van der Waals surface area (Å²) in [6.45, 7) is 5.08. The number of carbonyl (C=O) groups is 1. The molecule has 3 heterocycles. The van der Waals surface area contributed by atoms with Gasteiger partial charge in [-0.05, 0) is 31.9 Å². The van der Waals surface area contributed by atoms with Crippen molar-refractivity contribution in [2.24, 2.45) is 4.99 Å². The van der Waals surface area contributed by atoms with E-state index in [2.05, 4.69) is 25.8 Å². The van der Waals surface area contributed by atoms with Gasteiger partial charge in [0.2, 0.25) is 5.91 Å². The molecule has 0 aliphatic carbocycles. The van der Waals surface area contributed by atoms with Crippen LogP contribution in [-0.4, -0.2) is 57.5 Å². The van der Waals surface area contributed by atoms with Crippen LogP contribution in [0.2, 0.25) is 0 Å². The lowest BCUT2D eigenvalue weighted by molar-refractivity contribution is -0.128. The topological polar surface area (TPSA) is 86.9 Å². The summed E-state index contributed by atoms with van der Waals surface area (Å²) in [4.78, 5) is 18.5. The Bertz CT molecular complexity index is 724. The highest BCUT2D eigenvalue weighted by atomic mass is 127. The maximum absolute atomic E-state index is 12.1. The number of fused-ring (bicyclic) bond motifs is 1. The third-order valence-corrected chi connectivity index (χ3v) is 3.97. The molecule has 3 rings (SSSR count). The monoisotopic (exact) mass is 457 g/mol. The first-order chi connectivity index (χ1) is 11.8. The van der Waals surface area contributed by atoms with E-state index in [0.29, 0.717) is 12.5 Å². The zero-order chi connectivity index (χ0) is 16.8. The summed E-state index contributed by atoms with van der Waals surface area (Å²) in [6.07, 6.45) is 4.11. The quantitative estimate of drug-likeness (QED) is 0.398. The van der Waals surface area contributed by atoms with E-state index in [-0.39, 0.29) is 36.4 Å². The van der Waals surface area contributed by atoms with E-state index in [4.69, 9.17) is 0 Å². The van der Waals surface area contributed by atoms with Gasteiger partial charge in [0.1, 0.15) is 6.54 Å². The number of rotatable bonds is 5. The molecule has 25 heavy (non-hydrogen) atoms. The molecule has 0 bridgehead atoms. The lowest BCUT2D eigenvalue weighted by Crippen LogP contribution is -2.44. The molecular formula is C16H24IN7O. The number of hydrogen-bond acceptors (Lipinski definition) is 4. The first-order valence-electron chi connectivity index (χ1n) is 8.36. The van der Waals surface area contributed by atoms with E-state index in [1.165, 1.54) is 0 Å². The van der Waals surface area contributed by atoms with E-state index in [1.807, 2.05) is 40.6 Å². The number of pyridine rings is 1. The number of nitrogens with zero attached hydrogens (tertiary/aromatic N) is 5. The molecule has 1 amide bonds. The Hall–Kier alpha value is -1.91. The molecule has 2 N–H and O–H groups in total. The zero-order valence-corrected chi connectivity index (χ0v) is 16.6. The summed E-state index contributed by atoms with van der Waals surface area (Å²) in [5.74, 6) is 1.48. The third-order valence-electron chi connectivity index (χ3n) is 3.97. The van der Waals surface area contributed by atoms with E-state index >= 15 is 0 Å². The predicted molar refractivity (Wildman–Crippen MR) is 107 cm³/mol. The number of amides is 1. The maximum Gasteiger partial charge on any atom is 0.241 e. The molecule has 0 radical (unpaired) electrons. The van der Waals surface area contributed by atoms with Crippen molar-refractivity contribution < 1.29 is 4.79 Å². The van der Waals surface area contributed by atoms with Gasteiger partial charge in [0.25, 0.3) is 0 Å². The Balaban J connectivity index is 0.00000225. The summed E-state index contributed by atoms with van der Waals surface area (Å²) in [5.41, 5.74) is 0.796. The lowest BCUT2D eigenvalue weighted by Gasteiger charge is -2.17. The SMILES string of the molecule is CCNC(=NCc1nnc2ccccn12)NCC(=O)N1CCCC1.I. The molecule has 2 aromatic heterocycles. The Morgan fingerprint density at radius 2 is 2.04 bits per heavy atom. The van der Waals surface area contributed by atoms with Crippen molar-refractivity contribution in [1.82, 2.24) is 30.1 Å². The van der Waals surface area contributed by atoms with Crippen LogP contribution in [0.3, 0.4) is 0 Å². The van der Waals surface area contributed by atoms with Crippen LogP contribution in [0.1, 0.15) is 25.6 Å². The fourth-order valence-electron chi connectivity index (χ4n) is 2.73. The number of aliphatic imine (C=N–C) groups is 1. The molecule has 1 aliphatic rings. The highest BCUT2D eigenvalue weighted by molar-refractivity contribution is 14.0. The van der Waals surface area contributed by atoms with E-state index in [9.17, 15) is 4.79 Å². The molecule has 2 aromatic rings. The van der Waals surface area contributed by atoms with Crippen LogP contribution in [0.15, 0.2) is 29.4 Å². The van der Waals surface area contributed by atoms with Gasteiger partial charge in [-0.1, -0.05) is 6.07 Å². The molecule has 0 spiro atoms. The first-order valence-corrected chi connectivity index (χ1v) is 8.36. The molecule has 1 saturated heterocycles. The van der Waals surface area contributed by atoms with Crippen LogP contribution in [0.5, 0.6) is 0 Å². The van der Waals surface area contributed by atoms with Crippen LogP contribution in [0.4, 0.5) is 0 Å². The molecule has 0 aromatic carbocycles. The van der Waals surface area contributed by atoms with Crippen molar-refractivity contribution in [3.8, 4) is 0 Å². The molecular weight excluding hydrogens is 433 g/mol. The maximum atomic E-state index is 12.1.